The lowest BCUT2D eigenvalue weighted by Gasteiger charge is -1.99. The average molecular weight is 318 g/mol. The summed E-state index contributed by atoms with van der Waals surface area (Å²) in [6, 6.07) is 24.5. The molecule has 0 N–H and O–H groups in total. The highest BCUT2D eigenvalue weighted by Crippen LogP contribution is 2.39. The molecule has 2 heterocycles. The maximum atomic E-state index is 6.18. The van der Waals surface area contributed by atoms with Crippen molar-refractivity contribution >= 4 is 39.3 Å². The van der Waals surface area contributed by atoms with Crippen molar-refractivity contribution in [2.24, 2.45) is 0 Å². The van der Waals surface area contributed by atoms with E-state index in [-0.39, 0.29) is 0 Å². The van der Waals surface area contributed by atoms with Crippen molar-refractivity contribution in [3.8, 4) is 11.1 Å². The minimum atomic E-state index is 0.681. The van der Waals surface area contributed by atoms with Gasteiger partial charge >= 0.3 is 0 Å². The van der Waals surface area contributed by atoms with E-state index in [1.807, 2.05) is 36.4 Å². The molecule has 0 atom stereocenters. The van der Waals surface area contributed by atoms with Crippen LogP contribution in [0, 0.1) is 0 Å². The fraction of sp³-hybridized carbons (Fsp3) is 0. The molecule has 0 aliphatic heterocycles. The molecule has 5 aromatic rings. The predicted molar refractivity (Wildman–Crippen MR) is 95.1 cm³/mol. The van der Waals surface area contributed by atoms with Crippen LogP contribution in [0.5, 0.6) is 0 Å². The number of para-hydroxylation sites is 1. The number of oxazole rings is 1. The second kappa shape index (κ2) is 4.64. The molecular formula is C20H12ClNO. The van der Waals surface area contributed by atoms with E-state index >= 15 is 0 Å². The van der Waals surface area contributed by atoms with Crippen LogP contribution < -0.4 is 0 Å². The zero-order valence-electron chi connectivity index (χ0n) is 12.2. The standard InChI is InChI=1S/C20H12ClNO/c21-14-10-11-17-18(12-14)23-20-19(13-6-2-1-3-7-13)15-8-4-5-9-16(15)22(17)20/h1-12H. The summed E-state index contributed by atoms with van der Waals surface area (Å²) < 4.78 is 8.35. The van der Waals surface area contributed by atoms with Crippen molar-refractivity contribution in [1.29, 1.82) is 0 Å². The number of aromatic nitrogens is 1. The van der Waals surface area contributed by atoms with Gasteiger partial charge in [-0.3, -0.25) is 4.40 Å². The third-order valence-electron chi connectivity index (χ3n) is 4.26. The van der Waals surface area contributed by atoms with Gasteiger partial charge in [-0.2, -0.15) is 0 Å². The number of hydrogen-bond acceptors (Lipinski definition) is 1. The summed E-state index contributed by atoms with van der Waals surface area (Å²) in [5, 5.41) is 1.87. The lowest BCUT2D eigenvalue weighted by molar-refractivity contribution is 0.658. The maximum Gasteiger partial charge on any atom is 0.213 e. The molecule has 2 nitrogen and oxygen atoms in total. The van der Waals surface area contributed by atoms with Gasteiger partial charge in [-0.25, -0.2) is 0 Å². The molecule has 0 aliphatic rings. The van der Waals surface area contributed by atoms with Crippen molar-refractivity contribution in [2.45, 2.75) is 0 Å². The Balaban J connectivity index is 2.04. The molecule has 3 heteroatoms. The van der Waals surface area contributed by atoms with Gasteiger partial charge in [0.2, 0.25) is 5.71 Å². The van der Waals surface area contributed by atoms with Crippen molar-refractivity contribution in [1.82, 2.24) is 4.40 Å². The molecule has 3 aromatic carbocycles. The third kappa shape index (κ3) is 1.76. The average Bonchev–Trinajstić information content (AvgIpc) is 3.09. The Hall–Kier alpha value is -2.71. The van der Waals surface area contributed by atoms with E-state index in [2.05, 4.69) is 40.8 Å². The first-order valence-corrected chi connectivity index (χ1v) is 7.87. The van der Waals surface area contributed by atoms with Crippen LogP contribution in [0.1, 0.15) is 0 Å². The van der Waals surface area contributed by atoms with Crippen LogP contribution in [-0.2, 0) is 0 Å². The zero-order valence-corrected chi connectivity index (χ0v) is 12.9. The predicted octanol–water partition coefficient (Wildman–Crippen LogP) is 6.16. The first-order chi connectivity index (χ1) is 11.3. The summed E-state index contributed by atoms with van der Waals surface area (Å²) in [7, 11) is 0. The Morgan fingerprint density at radius 3 is 2.43 bits per heavy atom. The highest BCUT2D eigenvalue weighted by molar-refractivity contribution is 6.31. The van der Waals surface area contributed by atoms with Crippen LogP contribution in [0.2, 0.25) is 5.02 Å². The molecule has 0 aliphatic carbocycles. The van der Waals surface area contributed by atoms with E-state index in [9.17, 15) is 0 Å². The molecule has 0 fully saturated rings. The SMILES string of the molecule is Clc1ccc2c(c1)oc1c(-c3ccccc3)c3ccccc3n12. The van der Waals surface area contributed by atoms with E-state index in [4.69, 9.17) is 16.0 Å². The minimum Gasteiger partial charge on any atom is -0.437 e. The lowest BCUT2D eigenvalue weighted by Crippen LogP contribution is -1.79. The summed E-state index contributed by atoms with van der Waals surface area (Å²) in [6.45, 7) is 0. The molecule has 0 spiro atoms. The van der Waals surface area contributed by atoms with Crippen LogP contribution in [0.25, 0.3) is 38.8 Å². The second-order valence-corrected chi connectivity index (χ2v) is 6.05. The van der Waals surface area contributed by atoms with Gasteiger partial charge in [0.1, 0.15) is 0 Å². The molecule has 0 saturated carbocycles. The molecule has 2 aromatic heterocycles. The number of hydrogen-bond donors (Lipinski definition) is 0. The number of halogens is 1. The number of benzene rings is 3. The van der Waals surface area contributed by atoms with Crippen molar-refractivity contribution in [3.05, 3.63) is 77.8 Å². The molecular weight excluding hydrogens is 306 g/mol. The van der Waals surface area contributed by atoms with Gasteiger partial charge in [0, 0.05) is 16.5 Å². The summed E-state index contributed by atoms with van der Waals surface area (Å²) in [4.78, 5) is 0. The molecule has 23 heavy (non-hydrogen) atoms. The first kappa shape index (κ1) is 12.8. The van der Waals surface area contributed by atoms with Gasteiger partial charge in [-0.05, 0) is 23.8 Å². The topological polar surface area (TPSA) is 17.6 Å². The largest absolute Gasteiger partial charge is 0.437 e. The van der Waals surface area contributed by atoms with Crippen LogP contribution in [-0.4, -0.2) is 4.40 Å². The summed E-state index contributed by atoms with van der Waals surface area (Å²) >= 11 is 6.12. The molecule has 0 saturated heterocycles. The molecule has 110 valence electrons. The summed E-state index contributed by atoms with van der Waals surface area (Å²) in [6.07, 6.45) is 0. The van der Waals surface area contributed by atoms with Gasteiger partial charge in [0.15, 0.2) is 5.58 Å². The Morgan fingerprint density at radius 2 is 1.57 bits per heavy atom. The summed E-state index contributed by atoms with van der Waals surface area (Å²) in [5.41, 5.74) is 6.10. The van der Waals surface area contributed by atoms with Gasteiger partial charge in [-0.1, -0.05) is 60.1 Å². The van der Waals surface area contributed by atoms with E-state index in [0.717, 1.165) is 33.5 Å². The molecule has 0 unspecified atom stereocenters. The fourth-order valence-corrected chi connectivity index (χ4v) is 3.46. The van der Waals surface area contributed by atoms with Gasteiger partial charge in [-0.15, -0.1) is 0 Å². The van der Waals surface area contributed by atoms with E-state index < -0.39 is 0 Å². The van der Waals surface area contributed by atoms with Crippen LogP contribution >= 0.6 is 11.6 Å². The molecule has 0 amide bonds. The number of rotatable bonds is 1. The van der Waals surface area contributed by atoms with Crippen LogP contribution in [0.3, 0.4) is 0 Å². The van der Waals surface area contributed by atoms with Crippen LogP contribution in [0.15, 0.2) is 77.2 Å². The quantitative estimate of drug-likeness (QED) is 0.362. The Labute approximate surface area is 137 Å². The normalized spacial score (nSPS) is 11.7. The Kier molecular flexibility index (Phi) is 2.58. The van der Waals surface area contributed by atoms with E-state index in [1.165, 1.54) is 5.39 Å². The molecule has 0 bridgehead atoms. The van der Waals surface area contributed by atoms with Gasteiger partial charge < -0.3 is 4.42 Å². The van der Waals surface area contributed by atoms with Gasteiger partial charge in [0.05, 0.1) is 16.6 Å². The first-order valence-electron chi connectivity index (χ1n) is 7.49. The van der Waals surface area contributed by atoms with Crippen molar-refractivity contribution in [3.63, 3.8) is 0 Å². The maximum absolute atomic E-state index is 6.18. The number of fused-ring (bicyclic) bond motifs is 5. The van der Waals surface area contributed by atoms with Crippen molar-refractivity contribution < 1.29 is 4.42 Å². The van der Waals surface area contributed by atoms with Crippen molar-refractivity contribution in [2.75, 3.05) is 0 Å². The lowest BCUT2D eigenvalue weighted by atomic mass is 10.0. The minimum absolute atomic E-state index is 0.681. The fourth-order valence-electron chi connectivity index (χ4n) is 3.29. The second-order valence-electron chi connectivity index (χ2n) is 5.61. The Morgan fingerprint density at radius 1 is 0.783 bits per heavy atom. The van der Waals surface area contributed by atoms with Crippen LogP contribution in [0.4, 0.5) is 0 Å². The van der Waals surface area contributed by atoms with Gasteiger partial charge in [0.25, 0.3) is 0 Å². The number of nitrogens with zero attached hydrogens (tertiary/aromatic N) is 1. The summed E-state index contributed by atoms with van der Waals surface area (Å²) in [5.74, 6) is 0. The molecule has 0 radical (unpaired) electrons. The Bertz CT molecular complexity index is 1170. The monoisotopic (exact) mass is 317 g/mol. The third-order valence-corrected chi connectivity index (χ3v) is 4.50. The van der Waals surface area contributed by atoms with E-state index in [0.29, 0.717) is 5.02 Å². The highest BCUT2D eigenvalue weighted by atomic mass is 35.5. The highest BCUT2D eigenvalue weighted by Gasteiger charge is 2.19. The molecule has 5 rings (SSSR count). The smallest absolute Gasteiger partial charge is 0.213 e. The van der Waals surface area contributed by atoms with E-state index in [1.54, 1.807) is 0 Å². The zero-order chi connectivity index (χ0) is 15.4.